The van der Waals surface area contributed by atoms with E-state index in [0.29, 0.717) is 0 Å². The van der Waals surface area contributed by atoms with Gasteiger partial charge in [-0.2, -0.15) is 0 Å². The van der Waals surface area contributed by atoms with E-state index >= 15 is 0 Å². The van der Waals surface area contributed by atoms with Crippen LogP contribution in [0.1, 0.15) is 46.5 Å². The lowest BCUT2D eigenvalue weighted by molar-refractivity contribution is 0.334. The molecule has 0 aliphatic rings. The summed E-state index contributed by atoms with van der Waals surface area (Å²) < 4.78 is 0. The molecular formula is C11H25N. The van der Waals surface area contributed by atoms with Gasteiger partial charge in [0.2, 0.25) is 0 Å². The standard InChI is InChI=1S/C11H25N/c1-5-6-7-10(2)11(3)8-9-12-4/h10-12H,5-9H2,1-4H3/t10-,11?/m1/s1. The third-order valence-corrected chi connectivity index (χ3v) is 2.83. The lowest BCUT2D eigenvalue weighted by atomic mass is 9.89. The first-order chi connectivity index (χ1) is 5.72. The first-order valence-corrected chi connectivity index (χ1v) is 5.37. The fourth-order valence-corrected chi connectivity index (χ4v) is 1.47. The van der Waals surface area contributed by atoms with Crippen molar-refractivity contribution in [3.63, 3.8) is 0 Å². The summed E-state index contributed by atoms with van der Waals surface area (Å²) in [5.41, 5.74) is 0. The van der Waals surface area contributed by atoms with Crippen LogP contribution in [-0.2, 0) is 0 Å². The quantitative estimate of drug-likeness (QED) is 0.621. The molecule has 12 heavy (non-hydrogen) atoms. The van der Waals surface area contributed by atoms with Gasteiger partial charge in [0.1, 0.15) is 0 Å². The average Bonchev–Trinajstić information content (AvgIpc) is 2.10. The molecule has 0 radical (unpaired) electrons. The van der Waals surface area contributed by atoms with Gasteiger partial charge in [-0.25, -0.2) is 0 Å². The van der Waals surface area contributed by atoms with E-state index in [1.54, 1.807) is 0 Å². The molecule has 0 aromatic carbocycles. The average molecular weight is 171 g/mol. The van der Waals surface area contributed by atoms with E-state index in [2.05, 4.69) is 26.1 Å². The van der Waals surface area contributed by atoms with Crippen LogP contribution in [0.5, 0.6) is 0 Å². The zero-order chi connectivity index (χ0) is 9.40. The maximum atomic E-state index is 3.21. The summed E-state index contributed by atoms with van der Waals surface area (Å²) in [7, 11) is 2.03. The van der Waals surface area contributed by atoms with Gasteiger partial charge in [0.15, 0.2) is 0 Å². The Labute approximate surface area is 77.9 Å². The van der Waals surface area contributed by atoms with Crippen LogP contribution in [0.2, 0.25) is 0 Å². The first-order valence-electron chi connectivity index (χ1n) is 5.37. The molecule has 1 nitrogen and oxygen atoms in total. The van der Waals surface area contributed by atoms with Gasteiger partial charge in [0, 0.05) is 0 Å². The van der Waals surface area contributed by atoms with E-state index in [9.17, 15) is 0 Å². The fourth-order valence-electron chi connectivity index (χ4n) is 1.47. The Morgan fingerprint density at radius 3 is 2.17 bits per heavy atom. The Morgan fingerprint density at radius 1 is 1.08 bits per heavy atom. The number of rotatable bonds is 7. The number of nitrogens with one attached hydrogen (secondary N) is 1. The molecule has 0 rings (SSSR count). The van der Waals surface area contributed by atoms with Crippen LogP contribution in [0.3, 0.4) is 0 Å². The SMILES string of the molecule is CCCC[C@@H](C)C(C)CCNC. The van der Waals surface area contributed by atoms with E-state index in [4.69, 9.17) is 0 Å². The molecule has 0 aliphatic carbocycles. The Balaban J connectivity index is 3.39. The van der Waals surface area contributed by atoms with Crippen molar-refractivity contribution in [3.05, 3.63) is 0 Å². The molecule has 0 heterocycles. The van der Waals surface area contributed by atoms with Gasteiger partial charge in [-0.05, 0) is 31.8 Å². The van der Waals surface area contributed by atoms with Crippen LogP contribution >= 0.6 is 0 Å². The molecule has 0 bridgehead atoms. The molecule has 1 heteroatoms. The summed E-state index contributed by atoms with van der Waals surface area (Å²) in [6, 6.07) is 0. The molecule has 0 aromatic rings. The van der Waals surface area contributed by atoms with Crippen molar-refractivity contribution in [2.75, 3.05) is 13.6 Å². The van der Waals surface area contributed by atoms with Gasteiger partial charge >= 0.3 is 0 Å². The summed E-state index contributed by atoms with van der Waals surface area (Å²) in [4.78, 5) is 0. The van der Waals surface area contributed by atoms with Gasteiger partial charge in [0.05, 0.1) is 0 Å². The van der Waals surface area contributed by atoms with Crippen molar-refractivity contribution in [1.82, 2.24) is 5.32 Å². The third kappa shape index (κ3) is 5.59. The Kier molecular flexibility index (Phi) is 7.58. The summed E-state index contributed by atoms with van der Waals surface area (Å²) in [5.74, 6) is 1.78. The van der Waals surface area contributed by atoms with E-state index in [0.717, 1.165) is 18.4 Å². The molecule has 1 unspecified atom stereocenters. The minimum absolute atomic E-state index is 0.879. The highest BCUT2D eigenvalue weighted by molar-refractivity contribution is 4.62. The maximum Gasteiger partial charge on any atom is -0.00493 e. The van der Waals surface area contributed by atoms with Gasteiger partial charge in [-0.1, -0.05) is 40.0 Å². The second-order valence-corrected chi connectivity index (χ2v) is 3.99. The van der Waals surface area contributed by atoms with Crippen molar-refractivity contribution in [2.45, 2.75) is 46.5 Å². The smallest absolute Gasteiger partial charge is 0.00493 e. The molecule has 0 aromatic heterocycles. The topological polar surface area (TPSA) is 12.0 Å². The van der Waals surface area contributed by atoms with Gasteiger partial charge < -0.3 is 5.32 Å². The van der Waals surface area contributed by atoms with Crippen LogP contribution in [0, 0.1) is 11.8 Å². The van der Waals surface area contributed by atoms with E-state index in [1.807, 2.05) is 7.05 Å². The summed E-state index contributed by atoms with van der Waals surface area (Å²) in [5, 5.41) is 3.21. The molecule has 0 fully saturated rings. The Hall–Kier alpha value is -0.0400. The highest BCUT2D eigenvalue weighted by Gasteiger charge is 2.10. The minimum atomic E-state index is 0.879. The molecule has 0 saturated carbocycles. The molecule has 0 spiro atoms. The predicted octanol–water partition coefficient (Wildman–Crippen LogP) is 3.06. The van der Waals surface area contributed by atoms with E-state index < -0.39 is 0 Å². The van der Waals surface area contributed by atoms with Crippen LogP contribution in [-0.4, -0.2) is 13.6 Å². The van der Waals surface area contributed by atoms with Crippen LogP contribution in [0.4, 0.5) is 0 Å². The van der Waals surface area contributed by atoms with Crippen molar-refractivity contribution in [1.29, 1.82) is 0 Å². The molecular weight excluding hydrogens is 146 g/mol. The Morgan fingerprint density at radius 2 is 1.67 bits per heavy atom. The molecule has 74 valence electrons. The van der Waals surface area contributed by atoms with Gasteiger partial charge in [0.25, 0.3) is 0 Å². The van der Waals surface area contributed by atoms with Crippen molar-refractivity contribution >= 4 is 0 Å². The molecule has 0 amide bonds. The minimum Gasteiger partial charge on any atom is -0.320 e. The number of hydrogen-bond donors (Lipinski definition) is 1. The summed E-state index contributed by atoms with van der Waals surface area (Å²) in [6.07, 6.45) is 5.46. The van der Waals surface area contributed by atoms with Crippen LogP contribution in [0.15, 0.2) is 0 Å². The summed E-state index contributed by atoms with van der Waals surface area (Å²) >= 11 is 0. The predicted molar refractivity (Wildman–Crippen MR) is 56.4 cm³/mol. The zero-order valence-electron chi connectivity index (χ0n) is 9.19. The van der Waals surface area contributed by atoms with E-state index in [1.165, 1.54) is 25.7 Å². The second-order valence-electron chi connectivity index (χ2n) is 3.99. The van der Waals surface area contributed by atoms with Crippen LogP contribution in [0.25, 0.3) is 0 Å². The fraction of sp³-hybridized carbons (Fsp3) is 1.00. The number of hydrogen-bond acceptors (Lipinski definition) is 1. The van der Waals surface area contributed by atoms with Crippen molar-refractivity contribution < 1.29 is 0 Å². The van der Waals surface area contributed by atoms with Gasteiger partial charge in [-0.15, -0.1) is 0 Å². The first kappa shape index (κ1) is 12.0. The Bertz CT molecular complexity index is 79.0. The summed E-state index contributed by atoms with van der Waals surface area (Å²) in [6.45, 7) is 8.19. The monoisotopic (exact) mass is 171 g/mol. The van der Waals surface area contributed by atoms with Crippen LogP contribution < -0.4 is 5.32 Å². The van der Waals surface area contributed by atoms with E-state index in [-0.39, 0.29) is 0 Å². The molecule has 0 aliphatic heterocycles. The third-order valence-electron chi connectivity index (χ3n) is 2.83. The molecule has 2 atom stereocenters. The molecule has 1 N–H and O–H groups in total. The maximum absolute atomic E-state index is 3.21. The highest BCUT2D eigenvalue weighted by atomic mass is 14.8. The number of unbranched alkanes of at least 4 members (excludes halogenated alkanes) is 1. The molecule has 0 saturated heterocycles. The highest BCUT2D eigenvalue weighted by Crippen LogP contribution is 2.20. The van der Waals surface area contributed by atoms with Crippen molar-refractivity contribution in [2.24, 2.45) is 11.8 Å². The van der Waals surface area contributed by atoms with Gasteiger partial charge in [-0.3, -0.25) is 0 Å². The zero-order valence-corrected chi connectivity index (χ0v) is 9.19. The second kappa shape index (κ2) is 7.60. The lowest BCUT2D eigenvalue weighted by Gasteiger charge is -2.19. The normalized spacial score (nSPS) is 16.0. The largest absolute Gasteiger partial charge is 0.320 e. The lowest BCUT2D eigenvalue weighted by Crippen LogP contribution is -2.16. The van der Waals surface area contributed by atoms with Crippen molar-refractivity contribution in [3.8, 4) is 0 Å².